The largest absolute Gasteiger partial charge is 0.360 e. The van der Waals surface area contributed by atoms with E-state index in [1.54, 1.807) is 6.07 Å². The number of amides is 1. The van der Waals surface area contributed by atoms with Crippen LogP contribution in [0.4, 0.5) is 0 Å². The van der Waals surface area contributed by atoms with E-state index in [-0.39, 0.29) is 11.9 Å². The number of nitrogens with zero attached hydrogens (tertiary/aromatic N) is 3. The third kappa shape index (κ3) is 3.83. The number of carbonyl (C=O) groups is 1. The van der Waals surface area contributed by atoms with E-state index in [4.69, 9.17) is 4.52 Å². The molecule has 0 aliphatic carbocycles. The number of rotatable bonds is 6. The number of aryl methyl sites for hydroxylation is 1. The zero-order valence-corrected chi connectivity index (χ0v) is 14.1. The van der Waals surface area contributed by atoms with Crippen LogP contribution in [0, 0.1) is 6.92 Å². The maximum absolute atomic E-state index is 12.6. The molecule has 0 aliphatic rings. The minimum atomic E-state index is -0.255. The molecule has 3 aromatic rings. The lowest BCUT2D eigenvalue weighted by Crippen LogP contribution is -2.27. The van der Waals surface area contributed by atoms with Gasteiger partial charge in [-0.1, -0.05) is 17.3 Å². The van der Waals surface area contributed by atoms with Crippen LogP contribution in [0.2, 0.25) is 0 Å². The summed E-state index contributed by atoms with van der Waals surface area (Å²) in [5.74, 6) is 1.85. The minimum absolute atomic E-state index is 0.157. The van der Waals surface area contributed by atoms with Gasteiger partial charge in [-0.2, -0.15) is 5.10 Å². The number of H-pyrrole nitrogens is 1. The summed E-state index contributed by atoms with van der Waals surface area (Å²) in [6.07, 6.45) is 1.42. The summed E-state index contributed by atoms with van der Waals surface area (Å²) in [6, 6.07) is 9.11. The highest BCUT2D eigenvalue weighted by Crippen LogP contribution is 2.27. The summed E-state index contributed by atoms with van der Waals surface area (Å²) >= 11 is 1.54. The van der Waals surface area contributed by atoms with Gasteiger partial charge in [0.25, 0.3) is 5.91 Å². The molecule has 2 N–H and O–H groups in total. The maximum Gasteiger partial charge on any atom is 0.252 e. The Balaban J connectivity index is 1.69. The molecule has 1 aromatic carbocycles. The van der Waals surface area contributed by atoms with Crippen LogP contribution >= 0.6 is 11.8 Å². The summed E-state index contributed by atoms with van der Waals surface area (Å²) in [4.78, 5) is 17.5. The molecule has 124 valence electrons. The molecular formula is C16H17N5O2S. The van der Waals surface area contributed by atoms with Crippen molar-refractivity contribution in [1.29, 1.82) is 0 Å². The molecule has 1 atom stereocenters. The molecule has 0 fully saturated rings. The molecule has 0 radical (unpaired) electrons. The van der Waals surface area contributed by atoms with Crippen molar-refractivity contribution in [2.45, 2.75) is 30.5 Å². The number of aromatic amines is 1. The number of thioether (sulfide) groups is 1. The summed E-state index contributed by atoms with van der Waals surface area (Å²) in [7, 11) is 0. The molecule has 0 spiro atoms. The second kappa shape index (κ2) is 7.31. The van der Waals surface area contributed by atoms with Crippen molar-refractivity contribution in [1.82, 2.24) is 25.7 Å². The molecule has 0 unspecified atom stereocenters. The van der Waals surface area contributed by atoms with Gasteiger partial charge in [-0.15, -0.1) is 11.8 Å². The molecule has 0 saturated heterocycles. The van der Waals surface area contributed by atoms with Crippen LogP contribution in [0.5, 0.6) is 0 Å². The lowest BCUT2D eigenvalue weighted by atomic mass is 10.2. The Morgan fingerprint density at radius 2 is 2.25 bits per heavy atom. The van der Waals surface area contributed by atoms with Crippen molar-refractivity contribution < 1.29 is 9.32 Å². The number of hydrogen-bond donors (Lipinski definition) is 2. The van der Waals surface area contributed by atoms with E-state index in [1.165, 1.54) is 18.1 Å². The topological polar surface area (TPSA) is 96.7 Å². The average molecular weight is 343 g/mol. The lowest BCUT2D eigenvalue weighted by molar-refractivity contribution is 0.0935. The van der Waals surface area contributed by atoms with Crippen molar-refractivity contribution >= 4 is 17.7 Å². The Labute approximate surface area is 143 Å². The number of nitrogens with one attached hydrogen (secondary N) is 2. The highest BCUT2D eigenvalue weighted by molar-refractivity contribution is 7.98. The van der Waals surface area contributed by atoms with Crippen LogP contribution < -0.4 is 5.32 Å². The second-order valence-electron chi connectivity index (χ2n) is 5.29. The number of hydrogen-bond acceptors (Lipinski definition) is 6. The Morgan fingerprint density at radius 1 is 1.42 bits per heavy atom. The van der Waals surface area contributed by atoms with Crippen LogP contribution in [-0.4, -0.2) is 26.2 Å². The summed E-state index contributed by atoms with van der Waals surface area (Å²) < 4.78 is 5.21. The van der Waals surface area contributed by atoms with Gasteiger partial charge in [0.15, 0.2) is 0 Å². The van der Waals surface area contributed by atoms with Crippen LogP contribution in [0.15, 0.2) is 46.1 Å². The smallest absolute Gasteiger partial charge is 0.252 e. The maximum atomic E-state index is 12.6. The van der Waals surface area contributed by atoms with Gasteiger partial charge >= 0.3 is 0 Å². The first-order valence-corrected chi connectivity index (χ1v) is 8.42. The molecule has 0 saturated carbocycles. The van der Waals surface area contributed by atoms with Gasteiger partial charge in [-0.3, -0.25) is 9.89 Å². The van der Waals surface area contributed by atoms with Crippen molar-refractivity contribution in [2.75, 3.05) is 0 Å². The van der Waals surface area contributed by atoms with E-state index < -0.39 is 0 Å². The number of aromatic nitrogens is 4. The van der Waals surface area contributed by atoms with E-state index in [2.05, 4.69) is 25.7 Å². The first-order valence-electron chi connectivity index (χ1n) is 7.43. The van der Waals surface area contributed by atoms with E-state index in [9.17, 15) is 4.79 Å². The van der Waals surface area contributed by atoms with Crippen LogP contribution in [0.3, 0.4) is 0 Å². The van der Waals surface area contributed by atoms with Crippen molar-refractivity contribution in [3.63, 3.8) is 0 Å². The molecule has 7 nitrogen and oxygen atoms in total. The third-order valence-electron chi connectivity index (χ3n) is 3.37. The molecule has 8 heteroatoms. The SMILES string of the molecule is Cc1cc(CSc2ccccc2C(=O)N[C@@H](C)c2ncn[nH]2)on1. The summed E-state index contributed by atoms with van der Waals surface area (Å²) in [5.41, 5.74) is 1.46. The molecule has 2 aromatic heterocycles. The normalized spacial score (nSPS) is 12.1. The van der Waals surface area contributed by atoms with Crippen LogP contribution in [0.1, 0.15) is 40.6 Å². The van der Waals surface area contributed by atoms with Crippen molar-refractivity contribution in [3.8, 4) is 0 Å². The zero-order chi connectivity index (χ0) is 16.9. The fourth-order valence-corrected chi connectivity index (χ4v) is 3.10. The summed E-state index contributed by atoms with van der Waals surface area (Å²) in [5, 5.41) is 13.3. The number of benzene rings is 1. The highest BCUT2D eigenvalue weighted by atomic mass is 32.2. The van der Waals surface area contributed by atoms with E-state index >= 15 is 0 Å². The monoisotopic (exact) mass is 343 g/mol. The van der Waals surface area contributed by atoms with Crippen molar-refractivity contribution in [2.24, 2.45) is 0 Å². The van der Waals surface area contributed by atoms with Crippen LogP contribution in [0.25, 0.3) is 0 Å². The minimum Gasteiger partial charge on any atom is -0.360 e. The lowest BCUT2D eigenvalue weighted by Gasteiger charge is -2.13. The molecule has 0 aliphatic heterocycles. The average Bonchev–Trinajstić information content (AvgIpc) is 3.24. The predicted molar refractivity (Wildman–Crippen MR) is 89.5 cm³/mol. The Morgan fingerprint density at radius 3 is 2.96 bits per heavy atom. The van der Waals surface area contributed by atoms with Gasteiger partial charge in [0.1, 0.15) is 17.9 Å². The molecule has 0 bridgehead atoms. The van der Waals surface area contributed by atoms with Gasteiger partial charge in [-0.05, 0) is 26.0 Å². The summed E-state index contributed by atoms with van der Waals surface area (Å²) in [6.45, 7) is 3.73. The van der Waals surface area contributed by atoms with Gasteiger partial charge < -0.3 is 9.84 Å². The fourth-order valence-electron chi connectivity index (χ4n) is 2.18. The van der Waals surface area contributed by atoms with Gasteiger partial charge in [-0.25, -0.2) is 4.98 Å². The Hall–Kier alpha value is -2.61. The van der Waals surface area contributed by atoms with E-state index in [0.717, 1.165) is 16.3 Å². The van der Waals surface area contributed by atoms with Gasteiger partial charge in [0.05, 0.1) is 23.1 Å². The molecule has 24 heavy (non-hydrogen) atoms. The standard InChI is InChI=1S/C16H17N5O2S/c1-10-7-12(23-21-10)8-24-14-6-4-3-5-13(14)16(22)19-11(2)15-17-9-18-20-15/h3-7,9,11H,8H2,1-2H3,(H,19,22)(H,17,18,20)/t11-/m0/s1. The molecule has 3 rings (SSSR count). The second-order valence-corrected chi connectivity index (χ2v) is 6.30. The van der Waals surface area contributed by atoms with Gasteiger partial charge in [0, 0.05) is 11.0 Å². The third-order valence-corrected chi connectivity index (χ3v) is 4.47. The molecule has 1 amide bonds. The number of carbonyl (C=O) groups excluding carboxylic acids is 1. The first kappa shape index (κ1) is 16.3. The first-order chi connectivity index (χ1) is 11.6. The zero-order valence-electron chi connectivity index (χ0n) is 13.3. The van der Waals surface area contributed by atoms with Gasteiger partial charge in [0.2, 0.25) is 0 Å². The quantitative estimate of drug-likeness (QED) is 0.668. The predicted octanol–water partition coefficient (Wildman–Crippen LogP) is 2.88. The van der Waals surface area contributed by atoms with E-state index in [0.29, 0.717) is 17.1 Å². The van der Waals surface area contributed by atoms with Crippen LogP contribution in [-0.2, 0) is 5.75 Å². The molecule has 2 heterocycles. The Kier molecular flexibility index (Phi) is 4.95. The van der Waals surface area contributed by atoms with Crippen molar-refractivity contribution in [3.05, 3.63) is 59.5 Å². The molecular weight excluding hydrogens is 326 g/mol. The van der Waals surface area contributed by atoms with E-state index in [1.807, 2.05) is 38.1 Å². The highest BCUT2D eigenvalue weighted by Gasteiger charge is 2.16. The Bertz CT molecular complexity index is 816. The fraction of sp³-hybridized carbons (Fsp3) is 0.250.